The topological polar surface area (TPSA) is 3.24 Å². The van der Waals surface area contributed by atoms with Crippen molar-refractivity contribution in [3.8, 4) is 33.4 Å². The third-order valence-electron chi connectivity index (χ3n) is 10.3. The minimum atomic E-state index is 1.11. The fraction of sp³-hybridized carbons (Fsp3) is 0. The number of rotatable bonds is 6. The summed E-state index contributed by atoms with van der Waals surface area (Å²) in [7, 11) is 0. The van der Waals surface area contributed by atoms with Gasteiger partial charge in [-0.25, -0.2) is 0 Å². The second-order valence-corrected chi connectivity index (χ2v) is 14.4. The highest BCUT2D eigenvalue weighted by atomic mass is 32.1. The summed E-state index contributed by atoms with van der Waals surface area (Å²) in [6.07, 6.45) is 0. The minimum Gasteiger partial charge on any atom is -0.310 e. The first-order valence-corrected chi connectivity index (χ1v) is 18.6. The Hall–Kier alpha value is -6.48. The zero-order valence-electron chi connectivity index (χ0n) is 28.4. The fourth-order valence-electron chi connectivity index (χ4n) is 7.75. The van der Waals surface area contributed by atoms with Gasteiger partial charge in [0, 0.05) is 37.1 Å². The summed E-state index contributed by atoms with van der Waals surface area (Å²) < 4.78 is 2.65. The van der Waals surface area contributed by atoms with Gasteiger partial charge in [0.05, 0.1) is 5.69 Å². The maximum Gasteiger partial charge on any atom is 0.0540 e. The second kappa shape index (κ2) is 12.7. The van der Waals surface area contributed by atoms with Crippen molar-refractivity contribution in [1.82, 2.24) is 0 Å². The van der Waals surface area contributed by atoms with E-state index in [-0.39, 0.29) is 0 Å². The molecule has 52 heavy (non-hydrogen) atoms. The molecule has 0 saturated heterocycles. The van der Waals surface area contributed by atoms with Crippen LogP contribution in [0.25, 0.3) is 75.1 Å². The van der Waals surface area contributed by atoms with E-state index < -0.39 is 0 Å². The average Bonchev–Trinajstić information content (AvgIpc) is 3.60. The lowest BCUT2D eigenvalue weighted by atomic mass is 9.96. The van der Waals surface area contributed by atoms with Crippen LogP contribution in [0.3, 0.4) is 0 Å². The zero-order valence-corrected chi connectivity index (χ0v) is 29.2. The number of fused-ring (bicyclic) bond motifs is 5. The molecule has 0 aliphatic heterocycles. The first-order chi connectivity index (χ1) is 25.8. The molecule has 0 spiro atoms. The van der Waals surface area contributed by atoms with Crippen molar-refractivity contribution in [3.63, 3.8) is 0 Å². The molecule has 2 heteroatoms. The number of nitrogens with zero attached hydrogens (tertiary/aromatic N) is 1. The summed E-state index contributed by atoms with van der Waals surface area (Å²) in [4.78, 5) is 2.42. The Morgan fingerprint density at radius 2 is 0.942 bits per heavy atom. The molecule has 0 fully saturated rings. The van der Waals surface area contributed by atoms with E-state index in [0.717, 1.165) is 17.1 Å². The maximum atomic E-state index is 2.42. The Morgan fingerprint density at radius 3 is 1.85 bits per heavy atom. The number of hydrogen-bond donors (Lipinski definition) is 0. The molecule has 0 saturated carbocycles. The van der Waals surface area contributed by atoms with Crippen molar-refractivity contribution in [2.45, 2.75) is 0 Å². The molecule has 1 nitrogen and oxygen atoms in total. The van der Waals surface area contributed by atoms with Crippen LogP contribution < -0.4 is 4.90 Å². The van der Waals surface area contributed by atoms with Crippen LogP contribution in [0.15, 0.2) is 200 Å². The normalized spacial score (nSPS) is 11.5. The Bertz CT molecular complexity index is 2910. The largest absolute Gasteiger partial charge is 0.310 e. The fourth-order valence-corrected chi connectivity index (χ4v) is 8.99. The van der Waals surface area contributed by atoms with Gasteiger partial charge >= 0.3 is 0 Å². The number of para-hydroxylation sites is 1. The van der Waals surface area contributed by atoms with Crippen LogP contribution in [0.2, 0.25) is 0 Å². The van der Waals surface area contributed by atoms with E-state index in [1.165, 1.54) is 75.1 Å². The maximum absolute atomic E-state index is 2.42. The van der Waals surface area contributed by atoms with Gasteiger partial charge in [0.25, 0.3) is 0 Å². The highest BCUT2D eigenvalue weighted by molar-refractivity contribution is 7.26. The number of thiophene rings is 1. The monoisotopic (exact) mass is 679 g/mol. The molecule has 0 aliphatic carbocycles. The number of benzene rings is 9. The summed E-state index contributed by atoms with van der Waals surface area (Å²) in [5, 5.41) is 7.62. The lowest BCUT2D eigenvalue weighted by Gasteiger charge is -2.28. The van der Waals surface area contributed by atoms with Gasteiger partial charge in [-0.3, -0.25) is 0 Å². The number of hydrogen-bond acceptors (Lipinski definition) is 2. The van der Waals surface area contributed by atoms with Crippen LogP contribution in [0.4, 0.5) is 17.1 Å². The van der Waals surface area contributed by atoms with Gasteiger partial charge in [0.1, 0.15) is 0 Å². The van der Waals surface area contributed by atoms with E-state index >= 15 is 0 Å². The van der Waals surface area contributed by atoms with Crippen LogP contribution in [0.1, 0.15) is 0 Å². The molecular weight excluding hydrogens is 647 g/mol. The van der Waals surface area contributed by atoms with E-state index in [9.17, 15) is 0 Å². The van der Waals surface area contributed by atoms with E-state index in [0.29, 0.717) is 0 Å². The zero-order chi connectivity index (χ0) is 34.4. The van der Waals surface area contributed by atoms with Crippen LogP contribution in [-0.4, -0.2) is 0 Å². The highest BCUT2D eigenvalue weighted by Gasteiger charge is 2.19. The molecular formula is C50H33NS. The Morgan fingerprint density at radius 1 is 0.327 bits per heavy atom. The predicted molar refractivity (Wildman–Crippen MR) is 225 cm³/mol. The van der Waals surface area contributed by atoms with Crippen LogP contribution >= 0.6 is 11.3 Å². The first-order valence-electron chi connectivity index (χ1n) is 17.8. The van der Waals surface area contributed by atoms with Crippen molar-refractivity contribution in [3.05, 3.63) is 200 Å². The third kappa shape index (κ3) is 5.24. The molecule has 0 bridgehead atoms. The molecule has 0 aliphatic rings. The van der Waals surface area contributed by atoms with E-state index in [1.807, 2.05) is 11.3 Å². The summed E-state index contributed by atoms with van der Waals surface area (Å²) in [5.74, 6) is 0. The van der Waals surface area contributed by atoms with Crippen molar-refractivity contribution in [2.75, 3.05) is 4.90 Å². The molecule has 0 amide bonds. The minimum absolute atomic E-state index is 1.11. The van der Waals surface area contributed by atoms with Crippen molar-refractivity contribution in [1.29, 1.82) is 0 Å². The van der Waals surface area contributed by atoms with Crippen LogP contribution in [-0.2, 0) is 0 Å². The van der Waals surface area contributed by atoms with Gasteiger partial charge in [-0.15, -0.1) is 11.3 Å². The first kappa shape index (κ1) is 30.4. The molecule has 244 valence electrons. The smallest absolute Gasteiger partial charge is 0.0540 e. The van der Waals surface area contributed by atoms with E-state index in [1.54, 1.807) is 0 Å². The molecule has 1 heterocycles. The SMILES string of the molecule is c1cc(-c2cccc3ccccc23)cc(N(c2ccc(-c3cccc4c3sc3ccccc34)cc2)c2ccccc2-c2ccc3ccccc3c2)c1. The van der Waals surface area contributed by atoms with Crippen LogP contribution in [0, 0.1) is 0 Å². The van der Waals surface area contributed by atoms with Crippen molar-refractivity contribution < 1.29 is 0 Å². The Labute approximate surface area is 307 Å². The van der Waals surface area contributed by atoms with Crippen LogP contribution in [0.5, 0.6) is 0 Å². The summed E-state index contributed by atoms with van der Waals surface area (Å²) in [6, 6.07) is 73.0. The summed E-state index contributed by atoms with van der Waals surface area (Å²) in [6.45, 7) is 0. The second-order valence-electron chi connectivity index (χ2n) is 13.3. The quantitative estimate of drug-likeness (QED) is 0.169. The van der Waals surface area contributed by atoms with Gasteiger partial charge in [-0.2, -0.15) is 0 Å². The Kier molecular flexibility index (Phi) is 7.41. The molecule has 0 N–H and O–H groups in total. The van der Waals surface area contributed by atoms with Crippen molar-refractivity contribution >= 4 is 70.1 Å². The van der Waals surface area contributed by atoms with E-state index in [4.69, 9.17) is 0 Å². The Balaban J connectivity index is 1.14. The lowest BCUT2D eigenvalue weighted by molar-refractivity contribution is 1.28. The molecule has 0 unspecified atom stereocenters. The standard InChI is InChI=1S/C50H33NS/c1-2-14-37-32-39(27-26-34(37)12-1)44-19-5-7-24-48(44)51(41-17-9-16-38(33-41)43-21-10-15-35-13-3-4-18-42(35)43)40-30-28-36(29-31-40)45-22-11-23-47-46-20-6-8-25-49(46)52-50(45)47/h1-33H. The molecule has 0 radical (unpaired) electrons. The van der Waals surface area contributed by atoms with Gasteiger partial charge in [-0.1, -0.05) is 158 Å². The average molecular weight is 680 g/mol. The van der Waals surface area contributed by atoms with E-state index in [2.05, 4.69) is 205 Å². The number of anilines is 3. The lowest BCUT2D eigenvalue weighted by Crippen LogP contribution is -2.11. The predicted octanol–water partition coefficient (Wildman–Crippen LogP) is 14.8. The third-order valence-corrected chi connectivity index (χ3v) is 11.5. The molecule has 10 rings (SSSR count). The summed E-state index contributed by atoms with van der Waals surface area (Å²) >= 11 is 1.88. The molecule has 10 aromatic rings. The van der Waals surface area contributed by atoms with Gasteiger partial charge in [-0.05, 0) is 91.8 Å². The summed E-state index contributed by atoms with van der Waals surface area (Å²) in [5.41, 5.74) is 10.6. The van der Waals surface area contributed by atoms with Gasteiger partial charge in [0.15, 0.2) is 0 Å². The molecule has 9 aromatic carbocycles. The van der Waals surface area contributed by atoms with Gasteiger partial charge < -0.3 is 4.90 Å². The highest BCUT2D eigenvalue weighted by Crippen LogP contribution is 2.44. The molecule has 1 aromatic heterocycles. The van der Waals surface area contributed by atoms with Gasteiger partial charge in [0.2, 0.25) is 0 Å². The molecule has 0 atom stereocenters. The van der Waals surface area contributed by atoms with Crippen molar-refractivity contribution in [2.24, 2.45) is 0 Å².